The van der Waals surface area contributed by atoms with Gasteiger partial charge in [0.05, 0.1) is 33.7 Å². The van der Waals surface area contributed by atoms with E-state index in [0.29, 0.717) is 17.5 Å². The average Bonchev–Trinajstić information content (AvgIpc) is 3.34. The van der Waals surface area contributed by atoms with Gasteiger partial charge in [-0.3, -0.25) is 9.59 Å². The van der Waals surface area contributed by atoms with Crippen molar-refractivity contribution in [3.05, 3.63) is 35.6 Å². The van der Waals surface area contributed by atoms with E-state index in [1.54, 1.807) is 27.2 Å². The third-order valence-corrected chi connectivity index (χ3v) is 6.52. The Bertz CT molecular complexity index is 948. The standard InChI is InChI=1S/C23H29N3O5/c1-15-12-21(24-31-15)26-22(27)14-18(23(26)28)25-10-8-16(9-11-25)4-5-17-6-7-19(29-2)20(13-17)30-3/h6-7,12-13,16,18H,4-5,8-11,14H2,1-3H3/p+1/t18-/m0/s1. The first-order chi connectivity index (χ1) is 15.0. The van der Waals surface area contributed by atoms with Crippen molar-refractivity contribution in [2.24, 2.45) is 5.92 Å². The molecule has 8 nitrogen and oxygen atoms in total. The monoisotopic (exact) mass is 428 g/mol. The zero-order valence-corrected chi connectivity index (χ0v) is 18.3. The number of imide groups is 1. The summed E-state index contributed by atoms with van der Waals surface area (Å²) in [6.07, 6.45) is 4.45. The number of amides is 2. The van der Waals surface area contributed by atoms with Gasteiger partial charge in [0.25, 0.3) is 5.91 Å². The molecule has 4 rings (SSSR count). The Hall–Kier alpha value is -2.87. The molecule has 1 aromatic carbocycles. The van der Waals surface area contributed by atoms with E-state index in [9.17, 15) is 9.59 Å². The average molecular weight is 429 g/mol. The minimum Gasteiger partial charge on any atom is -0.493 e. The SMILES string of the molecule is COc1ccc(CCC2CC[NH+]([C@H]3CC(=O)N(c4cc(C)on4)C3=O)CC2)cc1OC. The molecule has 31 heavy (non-hydrogen) atoms. The van der Waals surface area contributed by atoms with Crippen LogP contribution in [0.2, 0.25) is 0 Å². The van der Waals surface area contributed by atoms with E-state index >= 15 is 0 Å². The van der Waals surface area contributed by atoms with Crippen LogP contribution in [0, 0.1) is 12.8 Å². The fourth-order valence-corrected chi connectivity index (χ4v) is 4.74. The van der Waals surface area contributed by atoms with E-state index in [0.717, 1.165) is 50.3 Å². The molecule has 3 heterocycles. The number of nitrogens with zero attached hydrogens (tertiary/aromatic N) is 2. The number of anilines is 1. The molecular weight excluding hydrogens is 398 g/mol. The number of benzene rings is 1. The quantitative estimate of drug-likeness (QED) is 0.674. The molecule has 0 radical (unpaired) electrons. The fourth-order valence-electron chi connectivity index (χ4n) is 4.74. The molecule has 2 aromatic rings. The summed E-state index contributed by atoms with van der Waals surface area (Å²) in [4.78, 5) is 27.8. The number of quaternary nitrogens is 1. The lowest BCUT2D eigenvalue weighted by Gasteiger charge is -2.32. The van der Waals surface area contributed by atoms with Crippen LogP contribution in [0.1, 0.15) is 37.0 Å². The largest absolute Gasteiger partial charge is 0.493 e. The van der Waals surface area contributed by atoms with E-state index in [1.807, 2.05) is 12.1 Å². The van der Waals surface area contributed by atoms with Crippen LogP contribution in [0.3, 0.4) is 0 Å². The van der Waals surface area contributed by atoms with Gasteiger partial charge in [0.2, 0.25) is 5.91 Å². The van der Waals surface area contributed by atoms with Gasteiger partial charge in [0, 0.05) is 6.07 Å². The zero-order chi connectivity index (χ0) is 22.0. The number of carbonyl (C=O) groups excluding carboxylic acids is 2. The number of hydrogen-bond acceptors (Lipinski definition) is 6. The predicted octanol–water partition coefficient (Wildman–Crippen LogP) is 1.56. The Morgan fingerprint density at radius 3 is 2.52 bits per heavy atom. The van der Waals surface area contributed by atoms with Crippen molar-refractivity contribution in [2.75, 3.05) is 32.2 Å². The molecule has 2 saturated heterocycles. The molecule has 2 aliphatic rings. The van der Waals surface area contributed by atoms with Crippen molar-refractivity contribution in [2.45, 2.75) is 45.1 Å². The summed E-state index contributed by atoms with van der Waals surface area (Å²) < 4.78 is 15.7. The maximum Gasteiger partial charge on any atom is 0.293 e. The molecule has 1 N–H and O–H groups in total. The number of aromatic nitrogens is 1. The second-order valence-corrected chi connectivity index (χ2v) is 8.45. The Labute approximate surface area is 182 Å². The van der Waals surface area contributed by atoms with Gasteiger partial charge in [-0.15, -0.1) is 0 Å². The molecule has 8 heteroatoms. The van der Waals surface area contributed by atoms with E-state index in [-0.39, 0.29) is 24.3 Å². The summed E-state index contributed by atoms with van der Waals surface area (Å²) in [7, 11) is 3.29. The first-order valence-electron chi connectivity index (χ1n) is 10.9. The van der Waals surface area contributed by atoms with Crippen LogP contribution in [0.25, 0.3) is 0 Å². The molecular formula is C23H30N3O5+. The van der Waals surface area contributed by atoms with Crippen LogP contribution in [0.5, 0.6) is 11.5 Å². The van der Waals surface area contributed by atoms with E-state index in [2.05, 4.69) is 11.2 Å². The Morgan fingerprint density at radius 2 is 1.87 bits per heavy atom. The molecule has 2 aliphatic heterocycles. The normalized spacial score (nSPS) is 24.0. The van der Waals surface area contributed by atoms with Crippen molar-refractivity contribution in [3.63, 3.8) is 0 Å². The highest BCUT2D eigenvalue weighted by Gasteiger charge is 2.47. The van der Waals surface area contributed by atoms with Gasteiger partial charge >= 0.3 is 0 Å². The van der Waals surface area contributed by atoms with Crippen molar-refractivity contribution in [3.8, 4) is 11.5 Å². The van der Waals surface area contributed by atoms with E-state index in [1.165, 1.54) is 15.4 Å². The Kier molecular flexibility index (Phi) is 6.27. The van der Waals surface area contributed by atoms with Gasteiger partial charge in [0.1, 0.15) is 5.76 Å². The second-order valence-electron chi connectivity index (χ2n) is 8.45. The first kappa shape index (κ1) is 21.4. The maximum absolute atomic E-state index is 12.9. The van der Waals surface area contributed by atoms with Gasteiger partial charge < -0.3 is 18.9 Å². The summed E-state index contributed by atoms with van der Waals surface area (Å²) in [5.41, 5.74) is 1.24. The molecule has 0 bridgehead atoms. The van der Waals surface area contributed by atoms with Crippen LogP contribution in [-0.4, -0.2) is 50.3 Å². The van der Waals surface area contributed by atoms with Crippen molar-refractivity contribution >= 4 is 17.6 Å². The molecule has 1 aromatic heterocycles. The number of likely N-dealkylation sites (tertiary alicyclic amines) is 1. The highest BCUT2D eigenvalue weighted by molar-refractivity contribution is 6.21. The summed E-state index contributed by atoms with van der Waals surface area (Å²) in [5.74, 6) is 2.67. The van der Waals surface area contributed by atoms with Gasteiger partial charge in [-0.1, -0.05) is 11.2 Å². The third-order valence-electron chi connectivity index (χ3n) is 6.52. The molecule has 2 amide bonds. The lowest BCUT2D eigenvalue weighted by atomic mass is 9.89. The molecule has 0 unspecified atom stereocenters. The van der Waals surface area contributed by atoms with Crippen molar-refractivity contribution < 1.29 is 28.5 Å². The summed E-state index contributed by atoms with van der Waals surface area (Å²) in [5, 5.41) is 3.85. The van der Waals surface area contributed by atoms with Crippen LogP contribution in [-0.2, 0) is 16.0 Å². The topological polar surface area (TPSA) is 86.3 Å². The van der Waals surface area contributed by atoms with Crippen molar-refractivity contribution in [1.29, 1.82) is 0 Å². The molecule has 2 fully saturated rings. The maximum atomic E-state index is 12.9. The number of ether oxygens (including phenoxy) is 2. The van der Waals surface area contributed by atoms with Crippen LogP contribution >= 0.6 is 0 Å². The van der Waals surface area contributed by atoms with Gasteiger partial charge in [-0.2, -0.15) is 0 Å². The van der Waals surface area contributed by atoms with Crippen molar-refractivity contribution in [1.82, 2.24) is 5.16 Å². The van der Waals surface area contributed by atoms with E-state index < -0.39 is 0 Å². The Balaban J connectivity index is 1.30. The summed E-state index contributed by atoms with van der Waals surface area (Å²) in [6, 6.07) is 7.41. The summed E-state index contributed by atoms with van der Waals surface area (Å²) in [6.45, 7) is 3.56. The predicted molar refractivity (Wildman–Crippen MR) is 113 cm³/mol. The number of nitrogens with one attached hydrogen (secondary N) is 1. The Morgan fingerprint density at radius 1 is 1.13 bits per heavy atom. The number of methoxy groups -OCH3 is 2. The third kappa shape index (κ3) is 4.44. The highest BCUT2D eigenvalue weighted by Crippen LogP contribution is 2.29. The molecule has 166 valence electrons. The molecule has 0 saturated carbocycles. The first-order valence-corrected chi connectivity index (χ1v) is 10.9. The van der Waals surface area contributed by atoms with Gasteiger partial charge in [0.15, 0.2) is 23.4 Å². The number of rotatable bonds is 7. The number of aryl methyl sites for hydroxylation is 2. The smallest absolute Gasteiger partial charge is 0.293 e. The second kappa shape index (κ2) is 9.09. The molecule has 0 spiro atoms. The lowest BCUT2D eigenvalue weighted by Crippen LogP contribution is -3.17. The summed E-state index contributed by atoms with van der Waals surface area (Å²) >= 11 is 0. The van der Waals surface area contributed by atoms with E-state index in [4.69, 9.17) is 14.0 Å². The van der Waals surface area contributed by atoms with Gasteiger partial charge in [-0.25, -0.2) is 4.90 Å². The minimum absolute atomic E-state index is 0.155. The molecule has 0 aliphatic carbocycles. The fraction of sp³-hybridized carbons (Fsp3) is 0.522. The van der Waals surface area contributed by atoms with Crippen LogP contribution in [0.4, 0.5) is 5.82 Å². The lowest BCUT2D eigenvalue weighted by molar-refractivity contribution is -0.920. The number of piperidine rings is 1. The zero-order valence-electron chi connectivity index (χ0n) is 18.3. The number of hydrogen-bond donors (Lipinski definition) is 1. The van der Waals surface area contributed by atoms with Crippen LogP contribution < -0.4 is 19.3 Å². The highest BCUT2D eigenvalue weighted by atomic mass is 16.5. The van der Waals surface area contributed by atoms with Gasteiger partial charge in [-0.05, 0) is 56.2 Å². The van der Waals surface area contributed by atoms with Crippen LogP contribution in [0.15, 0.2) is 28.8 Å². The number of carbonyl (C=O) groups is 2. The molecule has 1 atom stereocenters. The minimum atomic E-state index is -0.309.